The van der Waals surface area contributed by atoms with Crippen LogP contribution in [0.25, 0.3) is 32.9 Å². The van der Waals surface area contributed by atoms with Gasteiger partial charge in [-0.2, -0.15) is 0 Å². The average Bonchev–Trinajstić information content (AvgIpc) is 2.67. The summed E-state index contributed by atoms with van der Waals surface area (Å²) in [5, 5.41) is 4.72. The van der Waals surface area contributed by atoms with Crippen molar-refractivity contribution in [3.05, 3.63) is 76.8 Å². The van der Waals surface area contributed by atoms with Crippen molar-refractivity contribution in [2.45, 2.75) is 25.7 Å². The predicted molar refractivity (Wildman–Crippen MR) is 106 cm³/mol. The molecule has 0 saturated carbocycles. The normalized spacial score (nSPS) is 14.0. The molecule has 0 atom stereocenters. The van der Waals surface area contributed by atoms with Crippen LogP contribution < -0.4 is 0 Å². The van der Waals surface area contributed by atoms with E-state index in [0.717, 1.165) is 34.6 Å². The van der Waals surface area contributed by atoms with Crippen LogP contribution in [-0.4, -0.2) is 4.98 Å². The van der Waals surface area contributed by atoms with Gasteiger partial charge >= 0.3 is 0 Å². The fourth-order valence-electron chi connectivity index (χ4n) is 4.18. The Hall–Kier alpha value is -2.38. The summed E-state index contributed by atoms with van der Waals surface area (Å²) in [7, 11) is 0. The number of hydrogen-bond acceptors (Lipinski definition) is 1. The van der Waals surface area contributed by atoms with Crippen molar-refractivity contribution in [3.63, 3.8) is 0 Å². The summed E-state index contributed by atoms with van der Waals surface area (Å²) < 4.78 is 0. The molecule has 3 aromatic carbocycles. The standard InChI is InChI=1S/C23H18ClN/c24-20-12-6-5-11-19(20)23-18-10-4-3-9-17(18)22-16-8-2-1-7-15(16)13-14-21(22)25-23/h1-2,5-8,11-14H,3-4,9-10H2. The minimum absolute atomic E-state index is 0.780. The van der Waals surface area contributed by atoms with Gasteiger partial charge in [0.25, 0.3) is 0 Å². The van der Waals surface area contributed by atoms with Crippen molar-refractivity contribution in [1.29, 1.82) is 0 Å². The lowest BCUT2D eigenvalue weighted by atomic mass is 9.85. The van der Waals surface area contributed by atoms with Crippen molar-refractivity contribution >= 4 is 33.3 Å². The van der Waals surface area contributed by atoms with E-state index in [1.165, 1.54) is 40.1 Å². The SMILES string of the molecule is Clc1ccccc1-c1nc2ccc3ccccc3c2c2c1CCCC2. The molecule has 25 heavy (non-hydrogen) atoms. The zero-order valence-corrected chi connectivity index (χ0v) is 14.7. The van der Waals surface area contributed by atoms with Crippen LogP contribution in [0.3, 0.4) is 0 Å². The molecule has 1 nitrogen and oxygen atoms in total. The lowest BCUT2D eigenvalue weighted by Crippen LogP contribution is -2.08. The van der Waals surface area contributed by atoms with Gasteiger partial charge in [0.1, 0.15) is 0 Å². The maximum Gasteiger partial charge on any atom is 0.0759 e. The van der Waals surface area contributed by atoms with Crippen LogP contribution >= 0.6 is 11.6 Å². The molecular formula is C23H18ClN. The average molecular weight is 344 g/mol. The molecule has 1 aliphatic rings. The van der Waals surface area contributed by atoms with Crippen LogP contribution in [-0.2, 0) is 12.8 Å². The van der Waals surface area contributed by atoms with Crippen molar-refractivity contribution in [1.82, 2.24) is 4.98 Å². The van der Waals surface area contributed by atoms with E-state index in [2.05, 4.69) is 42.5 Å². The molecule has 0 saturated heterocycles. The van der Waals surface area contributed by atoms with Gasteiger partial charge in [-0.1, -0.05) is 60.1 Å². The minimum atomic E-state index is 0.780. The summed E-state index contributed by atoms with van der Waals surface area (Å²) in [4.78, 5) is 5.09. The first-order valence-electron chi connectivity index (χ1n) is 8.91. The van der Waals surface area contributed by atoms with Crippen LogP contribution in [0.4, 0.5) is 0 Å². The predicted octanol–water partition coefficient (Wildman–Crippen LogP) is 6.59. The molecule has 0 amide bonds. The Labute approximate surface area is 152 Å². The van der Waals surface area contributed by atoms with Gasteiger partial charge in [-0.15, -0.1) is 0 Å². The summed E-state index contributed by atoms with van der Waals surface area (Å²) in [5.41, 5.74) is 6.07. The van der Waals surface area contributed by atoms with Gasteiger partial charge in [0, 0.05) is 16.0 Å². The van der Waals surface area contributed by atoms with Crippen molar-refractivity contribution in [2.75, 3.05) is 0 Å². The van der Waals surface area contributed by atoms with Crippen LogP contribution in [0.15, 0.2) is 60.7 Å². The summed E-state index contributed by atoms with van der Waals surface area (Å²) in [6.45, 7) is 0. The number of benzene rings is 3. The van der Waals surface area contributed by atoms with Gasteiger partial charge < -0.3 is 0 Å². The van der Waals surface area contributed by atoms with Crippen molar-refractivity contribution < 1.29 is 0 Å². The number of halogens is 1. The number of pyridine rings is 1. The first-order valence-corrected chi connectivity index (χ1v) is 9.29. The second-order valence-corrected chi connectivity index (χ2v) is 7.19. The zero-order chi connectivity index (χ0) is 16.8. The second kappa shape index (κ2) is 5.86. The van der Waals surface area contributed by atoms with Gasteiger partial charge in [-0.25, -0.2) is 4.98 Å². The van der Waals surface area contributed by atoms with E-state index in [1.807, 2.05) is 18.2 Å². The summed E-state index contributed by atoms with van der Waals surface area (Å²) in [6, 6.07) is 21.0. The lowest BCUT2D eigenvalue weighted by Gasteiger charge is -2.22. The Morgan fingerprint density at radius 2 is 1.52 bits per heavy atom. The second-order valence-electron chi connectivity index (χ2n) is 6.79. The minimum Gasteiger partial charge on any atom is -0.247 e. The third-order valence-electron chi connectivity index (χ3n) is 5.32. The lowest BCUT2D eigenvalue weighted by molar-refractivity contribution is 0.689. The maximum atomic E-state index is 6.51. The van der Waals surface area contributed by atoms with Gasteiger partial charge in [-0.05, 0) is 59.7 Å². The number of fused-ring (bicyclic) bond motifs is 5. The summed E-state index contributed by atoms with van der Waals surface area (Å²) in [6.07, 6.45) is 4.68. The number of nitrogens with zero attached hydrogens (tertiary/aromatic N) is 1. The summed E-state index contributed by atoms with van der Waals surface area (Å²) >= 11 is 6.51. The highest BCUT2D eigenvalue weighted by atomic mass is 35.5. The van der Waals surface area contributed by atoms with E-state index < -0.39 is 0 Å². The number of rotatable bonds is 1. The third-order valence-corrected chi connectivity index (χ3v) is 5.65. The molecule has 0 bridgehead atoms. The molecular weight excluding hydrogens is 326 g/mol. The Morgan fingerprint density at radius 1 is 0.760 bits per heavy atom. The van der Waals surface area contributed by atoms with E-state index in [1.54, 1.807) is 0 Å². The molecule has 5 rings (SSSR count). The molecule has 122 valence electrons. The van der Waals surface area contributed by atoms with Crippen molar-refractivity contribution in [2.24, 2.45) is 0 Å². The van der Waals surface area contributed by atoms with Gasteiger partial charge in [0.2, 0.25) is 0 Å². The largest absolute Gasteiger partial charge is 0.247 e. The molecule has 1 aliphatic carbocycles. The van der Waals surface area contributed by atoms with Gasteiger partial charge in [-0.3, -0.25) is 0 Å². The molecule has 1 heterocycles. The Morgan fingerprint density at radius 3 is 2.40 bits per heavy atom. The number of aryl methyl sites for hydroxylation is 1. The van der Waals surface area contributed by atoms with Crippen molar-refractivity contribution in [3.8, 4) is 11.3 Å². The molecule has 0 fully saturated rings. The maximum absolute atomic E-state index is 6.51. The first kappa shape index (κ1) is 14.9. The van der Waals surface area contributed by atoms with Crippen LogP contribution in [0.5, 0.6) is 0 Å². The van der Waals surface area contributed by atoms with Gasteiger partial charge in [0.05, 0.1) is 11.2 Å². The Bertz CT molecular complexity index is 1110. The highest BCUT2D eigenvalue weighted by Crippen LogP contribution is 2.39. The molecule has 4 aromatic rings. The molecule has 0 radical (unpaired) electrons. The van der Waals surface area contributed by atoms with Crippen LogP contribution in [0.2, 0.25) is 5.02 Å². The molecule has 0 aliphatic heterocycles. The highest BCUT2D eigenvalue weighted by molar-refractivity contribution is 6.33. The fraction of sp³-hybridized carbons (Fsp3) is 0.174. The molecule has 0 N–H and O–H groups in total. The molecule has 1 aromatic heterocycles. The summed E-state index contributed by atoms with van der Waals surface area (Å²) in [5.74, 6) is 0. The highest BCUT2D eigenvalue weighted by Gasteiger charge is 2.21. The van der Waals surface area contributed by atoms with Gasteiger partial charge in [0.15, 0.2) is 0 Å². The number of aromatic nitrogens is 1. The fourth-order valence-corrected chi connectivity index (χ4v) is 4.40. The van der Waals surface area contributed by atoms with E-state index in [9.17, 15) is 0 Å². The van der Waals surface area contributed by atoms with E-state index >= 15 is 0 Å². The topological polar surface area (TPSA) is 12.9 Å². The Balaban J connectivity index is 1.93. The zero-order valence-electron chi connectivity index (χ0n) is 13.9. The van der Waals surface area contributed by atoms with Crippen LogP contribution in [0.1, 0.15) is 24.0 Å². The van der Waals surface area contributed by atoms with E-state index in [0.29, 0.717) is 0 Å². The first-order chi connectivity index (χ1) is 12.3. The van der Waals surface area contributed by atoms with E-state index in [4.69, 9.17) is 16.6 Å². The quantitative estimate of drug-likeness (QED) is 0.355. The van der Waals surface area contributed by atoms with Crippen LogP contribution in [0, 0.1) is 0 Å². The molecule has 0 spiro atoms. The molecule has 0 unspecified atom stereocenters. The Kier molecular flexibility index (Phi) is 3.50. The molecule has 2 heteroatoms. The van der Waals surface area contributed by atoms with E-state index in [-0.39, 0.29) is 0 Å². The third kappa shape index (κ3) is 2.34. The smallest absolute Gasteiger partial charge is 0.0759 e. The monoisotopic (exact) mass is 343 g/mol. The number of hydrogen-bond donors (Lipinski definition) is 0.